The van der Waals surface area contributed by atoms with Crippen molar-refractivity contribution in [3.63, 3.8) is 0 Å². The fourth-order valence-electron chi connectivity index (χ4n) is 2.77. The van der Waals surface area contributed by atoms with Gasteiger partial charge in [-0.15, -0.1) is 0 Å². The summed E-state index contributed by atoms with van der Waals surface area (Å²) >= 11 is 0. The van der Waals surface area contributed by atoms with Crippen molar-refractivity contribution in [2.24, 2.45) is 11.8 Å². The molecule has 116 valence electrons. The van der Waals surface area contributed by atoms with Gasteiger partial charge in [-0.1, -0.05) is 69.3 Å². The van der Waals surface area contributed by atoms with Crippen molar-refractivity contribution in [3.05, 3.63) is 60.2 Å². The van der Waals surface area contributed by atoms with E-state index in [1.165, 1.54) is 11.1 Å². The molecular formula is C20H25NO. The minimum absolute atomic E-state index is 0.0947. The second-order valence-corrected chi connectivity index (χ2v) is 6.04. The number of rotatable bonds is 6. The molecule has 0 aliphatic heterocycles. The van der Waals surface area contributed by atoms with Crippen LogP contribution < -0.4 is 5.32 Å². The molecule has 1 unspecified atom stereocenters. The van der Waals surface area contributed by atoms with Crippen molar-refractivity contribution >= 4 is 5.91 Å². The lowest BCUT2D eigenvalue weighted by Crippen LogP contribution is -2.32. The molecule has 2 heteroatoms. The van der Waals surface area contributed by atoms with Gasteiger partial charge in [0.25, 0.3) is 0 Å². The van der Waals surface area contributed by atoms with Gasteiger partial charge in [-0.25, -0.2) is 0 Å². The van der Waals surface area contributed by atoms with Crippen LogP contribution in [0.25, 0.3) is 11.1 Å². The number of hydrogen-bond donors (Lipinski definition) is 1. The first-order valence-corrected chi connectivity index (χ1v) is 8.04. The van der Waals surface area contributed by atoms with Crippen molar-refractivity contribution in [1.82, 2.24) is 5.32 Å². The third kappa shape index (κ3) is 4.20. The number of carbonyl (C=O) groups excluding carboxylic acids is 1. The Kier molecular flexibility index (Phi) is 5.76. The average molecular weight is 295 g/mol. The molecule has 0 heterocycles. The van der Waals surface area contributed by atoms with E-state index in [0.717, 1.165) is 12.0 Å². The molecule has 0 bridgehead atoms. The monoisotopic (exact) mass is 295 g/mol. The Morgan fingerprint density at radius 3 is 2.32 bits per heavy atom. The lowest BCUT2D eigenvalue weighted by atomic mass is 9.92. The summed E-state index contributed by atoms with van der Waals surface area (Å²) in [6.45, 7) is 6.86. The number of nitrogens with one attached hydrogen (secondary N) is 1. The molecule has 1 amide bonds. The maximum absolute atomic E-state index is 12.2. The molecule has 2 nitrogen and oxygen atoms in total. The van der Waals surface area contributed by atoms with Crippen molar-refractivity contribution in [3.8, 4) is 11.1 Å². The van der Waals surface area contributed by atoms with Crippen LogP contribution in [0.2, 0.25) is 0 Å². The Morgan fingerprint density at radius 1 is 1.00 bits per heavy atom. The maximum atomic E-state index is 12.2. The molecule has 0 radical (unpaired) electrons. The largest absolute Gasteiger partial charge is 0.352 e. The molecule has 0 saturated carbocycles. The number of amides is 1. The fourth-order valence-corrected chi connectivity index (χ4v) is 2.77. The summed E-state index contributed by atoms with van der Waals surface area (Å²) < 4.78 is 0. The molecule has 0 fully saturated rings. The van der Waals surface area contributed by atoms with E-state index in [-0.39, 0.29) is 11.8 Å². The quantitative estimate of drug-likeness (QED) is 0.825. The maximum Gasteiger partial charge on any atom is 0.223 e. The molecular weight excluding hydrogens is 270 g/mol. The normalized spacial score (nSPS) is 12.2. The topological polar surface area (TPSA) is 29.1 Å². The van der Waals surface area contributed by atoms with Crippen molar-refractivity contribution in [1.29, 1.82) is 0 Å². The van der Waals surface area contributed by atoms with Gasteiger partial charge in [0.2, 0.25) is 5.91 Å². The molecule has 2 aromatic carbocycles. The van der Waals surface area contributed by atoms with Gasteiger partial charge >= 0.3 is 0 Å². The highest BCUT2D eigenvalue weighted by Gasteiger charge is 2.19. The number of carbonyl (C=O) groups is 1. The van der Waals surface area contributed by atoms with Gasteiger partial charge < -0.3 is 5.32 Å². The Bertz CT molecular complexity index is 604. The minimum Gasteiger partial charge on any atom is -0.352 e. The summed E-state index contributed by atoms with van der Waals surface area (Å²) in [4.78, 5) is 12.2. The molecule has 0 aliphatic rings. The highest BCUT2D eigenvalue weighted by molar-refractivity contribution is 5.78. The van der Waals surface area contributed by atoms with E-state index >= 15 is 0 Å². The summed E-state index contributed by atoms with van der Waals surface area (Å²) in [6, 6.07) is 18.6. The van der Waals surface area contributed by atoms with Crippen LogP contribution >= 0.6 is 0 Å². The Balaban J connectivity index is 2.04. The average Bonchev–Trinajstić information content (AvgIpc) is 2.54. The third-order valence-electron chi connectivity index (χ3n) is 4.08. The van der Waals surface area contributed by atoms with Crippen LogP contribution in [0.15, 0.2) is 54.6 Å². The standard InChI is InChI=1S/C20H25NO/c1-4-19(15(2)3)20(22)21-14-16-9-8-12-18(13-16)17-10-6-5-7-11-17/h5-13,15,19H,4,14H2,1-3H3,(H,21,22). The first-order chi connectivity index (χ1) is 10.6. The summed E-state index contributed by atoms with van der Waals surface area (Å²) in [5, 5.41) is 3.07. The van der Waals surface area contributed by atoms with E-state index in [0.29, 0.717) is 12.5 Å². The summed E-state index contributed by atoms with van der Waals surface area (Å²) in [5.41, 5.74) is 3.51. The molecule has 0 spiro atoms. The molecule has 1 atom stereocenters. The molecule has 2 rings (SSSR count). The van der Waals surface area contributed by atoms with E-state index in [1.807, 2.05) is 24.3 Å². The van der Waals surface area contributed by atoms with Gasteiger partial charge in [0.1, 0.15) is 0 Å². The van der Waals surface area contributed by atoms with Crippen molar-refractivity contribution in [2.45, 2.75) is 33.7 Å². The molecule has 0 aliphatic carbocycles. The van der Waals surface area contributed by atoms with Crippen LogP contribution in [-0.2, 0) is 11.3 Å². The van der Waals surface area contributed by atoms with Gasteiger partial charge in [-0.2, -0.15) is 0 Å². The van der Waals surface area contributed by atoms with Crippen LogP contribution in [0.3, 0.4) is 0 Å². The lowest BCUT2D eigenvalue weighted by Gasteiger charge is -2.18. The van der Waals surface area contributed by atoms with Crippen LogP contribution in [0.1, 0.15) is 32.8 Å². The molecule has 2 aromatic rings. The van der Waals surface area contributed by atoms with Gasteiger partial charge in [-0.05, 0) is 35.1 Å². The highest BCUT2D eigenvalue weighted by atomic mass is 16.1. The molecule has 22 heavy (non-hydrogen) atoms. The number of hydrogen-bond acceptors (Lipinski definition) is 1. The zero-order valence-corrected chi connectivity index (χ0v) is 13.7. The molecule has 1 N–H and O–H groups in total. The van der Waals surface area contributed by atoms with Gasteiger partial charge in [0.15, 0.2) is 0 Å². The van der Waals surface area contributed by atoms with Crippen molar-refractivity contribution < 1.29 is 4.79 Å². The van der Waals surface area contributed by atoms with Crippen LogP contribution in [0.5, 0.6) is 0 Å². The van der Waals surface area contributed by atoms with Crippen molar-refractivity contribution in [2.75, 3.05) is 0 Å². The minimum atomic E-state index is 0.0947. The van der Waals surface area contributed by atoms with Crippen LogP contribution in [-0.4, -0.2) is 5.91 Å². The smallest absolute Gasteiger partial charge is 0.223 e. The Labute approximate surface area is 133 Å². The van der Waals surface area contributed by atoms with E-state index < -0.39 is 0 Å². The van der Waals surface area contributed by atoms with Gasteiger partial charge in [0, 0.05) is 12.5 Å². The predicted molar refractivity (Wildman–Crippen MR) is 92.3 cm³/mol. The van der Waals surface area contributed by atoms with E-state index in [2.05, 4.69) is 56.4 Å². The first-order valence-electron chi connectivity index (χ1n) is 8.04. The first kappa shape index (κ1) is 16.3. The molecule has 0 aromatic heterocycles. The number of benzene rings is 2. The zero-order chi connectivity index (χ0) is 15.9. The van der Waals surface area contributed by atoms with Crippen LogP contribution in [0.4, 0.5) is 0 Å². The van der Waals surface area contributed by atoms with E-state index in [4.69, 9.17) is 0 Å². The zero-order valence-electron chi connectivity index (χ0n) is 13.7. The Hall–Kier alpha value is -2.09. The lowest BCUT2D eigenvalue weighted by molar-refractivity contribution is -0.126. The second-order valence-electron chi connectivity index (χ2n) is 6.04. The second kappa shape index (κ2) is 7.79. The predicted octanol–water partition coefficient (Wildman–Crippen LogP) is 4.65. The SMILES string of the molecule is CCC(C(=O)NCc1cccc(-c2ccccc2)c1)C(C)C. The summed E-state index contributed by atoms with van der Waals surface area (Å²) in [7, 11) is 0. The third-order valence-corrected chi connectivity index (χ3v) is 4.08. The van der Waals surface area contributed by atoms with Crippen LogP contribution in [0, 0.1) is 11.8 Å². The highest BCUT2D eigenvalue weighted by Crippen LogP contribution is 2.20. The van der Waals surface area contributed by atoms with Gasteiger partial charge in [0.05, 0.1) is 0 Å². The Morgan fingerprint density at radius 2 is 1.68 bits per heavy atom. The fraction of sp³-hybridized carbons (Fsp3) is 0.350. The summed E-state index contributed by atoms with van der Waals surface area (Å²) in [5.74, 6) is 0.626. The van der Waals surface area contributed by atoms with E-state index in [1.54, 1.807) is 0 Å². The summed E-state index contributed by atoms with van der Waals surface area (Å²) in [6.07, 6.45) is 0.882. The van der Waals surface area contributed by atoms with Gasteiger partial charge in [-0.3, -0.25) is 4.79 Å². The molecule has 0 saturated heterocycles. The van der Waals surface area contributed by atoms with E-state index in [9.17, 15) is 4.79 Å².